The van der Waals surface area contributed by atoms with Gasteiger partial charge in [0, 0.05) is 18.9 Å². The second kappa shape index (κ2) is 6.00. The summed E-state index contributed by atoms with van der Waals surface area (Å²) in [5, 5.41) is 19.5. The van der Waals surface area contributed by atoms with Crippen molar-refractivity contribution in [2.45, 2.75) is 26.1 Å². The molecule has 0 bridgehead atoms. The average molecular weight is 256 g/mol. The summed E-state index contributed by atoms with van der Waals surface area (Å²) in [6, 6.07) is 1.72. The number of thioether (sulfide) groups is 1. The first-order valence-corrected chi connectivity index (χ1v) is 6.12. The number of aromatic nitrogens is 1. The maximum Gasteiger partial charge on any atom is 0.185 e. The predicted octanol–water partition coefficient (Wildman–Crippen LogP) is 0.646. The molecule has 0 aliphatic carbocycles. The van der Waals surface area contributed by atoms with Gasteiger partial charge in [-0.15, -0.1) is 0 Å². The minimum absolute atomic E-state index is 0.110. The number of aliphatic hydroxyl groups is 2. The van der Waals surface area contributed by atoms with Crippen LogP contribution in [0.4, 0.5) is 5.69 Å². The highest BCUT2D eigenvalue weighted by molar-refractivity contribution is 8.13. The Kier molecular flexibility index (Phi) is 4.92. The molecule has 0 aromatic carbocycles. The molecule has 1 rings (SSSR count). The zero-order valence-electron chi connectivity index (χ0n) is 9.75. The maximum atomic E-state index is 10.8. The molecule has 0 amide bonds. The molecule has 1 aromatic heterocycles. The lowest BCUT2D eigenvalue weighted by molar-refractivity contribution is -0.109. The molecule has 0 saturated heterocycles. The van der Waals surface area contributed by atoms with Crippen LogP contribution < -0.4 is 5.73 Å². The summed E-state index contributed by atoms with van der Waals surface area (Å²) >= 11 is 0.955. The molecule has 2 atom stereocenters. The number of anilines is 1. The van der Waals surface area contributed by atoms with Crippen molar-refractivity contribution in [2.75, 3.05) is 11.5 Å². The first kappa shape index (κ1) is 14.0. The number of pyridine rings is 1. The molecule has 17 heavy (non-hydrogen) atoms. The highest BCUT2D eigenvalue weighted by Gasteiger charge is 2.22. The number of aliphatic hydroxyl groups excluding tert-OH is 2. The van der Waals surface area contributed by atoms with Crippen LogP contribution in [-0.4, -0.2) is 32.2 Å². The number of nitrogens with two attached hydrogens (primary N) is 1. The summed E-state index contributed by atoms with van der Waals surface area (Å²) in [5.74, 6) is 0.117. The standard InChI is InChI=1S/C11H16N2O3S/c1-6-3-4-13-10(9(6)12)11(16)8(15)5-17-7(2)14/h3-4,8,11,15-16H,5,12H2,1-2H3. The third-order valence-electron chi connectivity index (χ3n) is 2.34. The smallest absolute Gasteiger partial charge is 0.185 e. The van der Waals surface area contributed by atoms with Gasteiger partial charge in [0.1, 0.15) is 6.10 Å². The fourth-order valence-electron chi connectivity index (χ4n) is 1.30. The van der Waals surface area contributed by atoms with Crippen molar-refractivity contribution in [3.63, 3.8) is 0 Å². The van der Waals surface area contributed by atoms with Crippen LogP contribution in [0.1, 0.15) is 24.3 Å². The van der Waals surface area contributed by atoms with E-state index in [0.717, 1.165) is 17.3 Å². The number of rotatable bonds is 4. The van der Waals surface area contributed by atoms with E-state index < -0.39 is 12.2 Å². The normalized spacial score (nSPS) is 14.4. The number of carbonyl (C=O) groups excluding carboxylic acids is 1. The predicted molar refractivity (Wildman–Crippen MR) is 67.5 cm³/mol. The van der Waals surface area contributed by atoms with Crippen molar-refractivity contribution in [1.29, 1.82) is 0 Å². The first-order chi connectivity index (χ1) is 7.93. The number of nitrogens with zero attached hydrogens (tertiary/aromatic N) is 1. The van der Waals surface area contributed by atoms with E-state index in [4.69, 9.17) is 5.73 Å². The van der Waals surface area contributed by atoms with Gasteiger partial charge in [-0.05, 0) is 18.6 Å². The topological polar surface area (TPSA) is 96.4 Å². The van der Waals surface area contributed by atoms with Gasteiger partial charge in [-0.2, -0.15) is 0 Å². The van der Waals surface area contributed by atoms with E-state index in [1.165, 1.54) is 13.1 Å². The molecular weight excluding hydrogens is 240 g/mol. The highest BCUT2D eigenvalue weighted by Crippen LogP contribution is 2.25. The number of carbonyl (C=O) groups is 1. The minimum Gasteiger partial charge on any atom is -0.397 e. The van der Waals surface area contributed by atoms with E-state index in [-0.39, 0.29) is 16.6 Å². The molecule has 4 N–H and O–H groups in total. The van der Waals surface area contributed by atoms with Crippen LogP contribution in [0, 0.1) is 6.92 Å². The Bertz CT molecular complexity index is 412. The summed E-state index contributed by atoms with van der Waals surface area (Å²) < 4.78 is 0. The van der Waals surface area contributed by atoms with Gasteiger partial charge in [0.05, 0.1) is 17.5 Å². The van der Waals surface area contributed by atoms with Crippen LogP contribution in [-0.2, 0) is 4.79 Å². The largest absolute Gasteiger partial charge is 0.397 e. The van der Waals surface area contributed by atoms with E-state index in [2.05, 4.69) is 4.98 Å². The van der Waals surface area contributed by atoms with Gasteiger partial charge in [-0.25, -0.2) is 0 Å². The van der Waals surface area contributed by atoms with Gasteiger partial charge in [0.25, 0.3) is 0 Å². The first-order valence-electron chi connectivity index (χ1n) is 5.14. The van der Waals surface area contributed by atoms with Crippen molar-refractivity contribution in [3.8, 4) is 0 Å². The second-order valence-corrected chi connectivity index (χ2v) is 4.94. The van der Waals surface area contributed by atoms with Crippen LogP contribution in [0.25, 0.3) is 0 Å². The second-order valence-electron chi connectivity index (χ2n) is 3.74. The lowest BCUT2D eigenvalue weighted by atomic mass is 10.1. The lowest BCUT2D eigenvalue weighted by Gasteiger charge is -2.18. The highest BCUT2D eigenvalue weighted by atomic mass is 32.2. The molecule has 1 aromatic rings. The van der Waals surface area contributed by atoms with E-state index in [1.807, 2.05) is 0 Å². The zero-order valence-corrected chi connectivity index (χ0v) is 10.6. The van der Waals surface area contributed by atoms with Crippen molar-refractivity contribution in [1.82, 2.24) is 4.98 Å². The summed E-state index contributed by atoms with van der Waals surface area (Å²) in [6.07, 6.45) is -0.725. The van der Waals surface area contributed by atoms with Crippen molar-refractivity contribution >= 4 is 22.6 Å². The van der Waals surface area contributed by atoms with E-state index in [0.29, 0.717) is 5.69 Å². The van der Waals surface area contributed by atoms with Gasteiger partial charge in [0.15, 0.2) is 5.12 Å². The molecular formula is C11H16N2O3S. The summed E-state index contributed by atoms with van der Waals surface area (Å²) in [4.78, 5) is 14.7. The SMILES string of the molecule is CC(=O)SCC(O)C(O)c1nccc(C)c1N. The van der Waals surface area contributed by atoms with Gasteiger partial charge in [0.2, 0.25) is 0 Å². The lowest BCUT2D eigenvalue weighted by Crippen LogP contribution is -2.23. The van der Waals surface area contributed by atoms with Crippen LogP contribution in [0.15, 0.2) is 12.3 Å². The van der Waals surface area contributed by atoms with Crippen LogP contribution in [0.2, 0.25) is 0 Å². The Balaban J connectivity index is 2.77. The molecule has 0 saturated carbocycles. The molecule has 0 radical (unpaired) electrons. The summed E-state index contributed by atoms with van der Waals surface area (Å²) in [5.41, 5.74) is 7.18. The van der Waals surface area contributed by atoms with E-state index in [9.17, 15) is 15.0 Å². The molecule has 94 valence electrons. The average Bonchev–Trinajstić information content (AvgIpc) is 2.28. The zero-order chi connectivity index (χ0) is 13.0. The van der Waals surface area contributed by atoms with Gasteiger partial charge in [-0.1, -0.05) is 11.8 Å². The van der Waals surface area contributed by atoms with E-state index >= 15 is 0 Å². The molecule has 0 aliphatic rings. The molecule has 0 fully saturated rings. The Morgan fingerprint density at radius 1 is 1.59 bits per heavy atom. The Labute approximate surface area is 104 Å². The fourth-order valence-corrected chi connectivity index (χ4v) is 1.89. The van der Waals surface area contributed by atoms with Gasteiger partial charge >= 0.3 is 0 Å². The number of hydrogen-bond acceptors (Lipinski definition) is 6. The molecule has 6 heteroatoms. The third-order valence-corrected chi connectivity index (χ3v) is 3.26. The number of nitrogen functional groups attached to an aromatic ring is 1. The van der Waals surface area contributed by atoms with Crippen LogP contribution in [0.5, 0.6) is 0 Å². The molecule has 0 aliphatic heterocycles. The quantitative estimate of drug-likeness (QED) is 0.732. The van der Waals surface area contributed by atoms with Crippen molar-refractivity contribution in [3.05, 3.63) is 23.5 Å². The van der Waals surface area contributed by atoms with Gasteiger partial charge in [-0.3, -0.25) is 9.78 Å². The summed E-state index contributed by atoms with van der Waals surface area (Å²) in [7, 11) is 0. The Hall–Kier alpha value is -1.11. The number of aryl methyl sites for hydroxylation is 1. The minimum atomic E-state index is -1.18. The fraction of sp³-hybridized carbons (Fsp3) is 0.455. The Morgan fingerprint density at radius 2 is 2.24 bits per heavy atom. The molecule has 5 nitrogen and oxygen atoms in total. The van der Waals surface area contributed by atoms with E-state index in [1.54, 1.807) is 13.0 Å². The maximum absolute atomic E-state index is 10.8. The molecule has 2 unspecified atom stereocenters. The molecule has 0 spiro atoms. The monoisotopic (exact) mass is 256 g/mol. The van der Waals surface area contributed by atoms with Crippen molar-refractivity contribution < 1.29 is 15.0 Å². The third kappa shape index (κ3) is 3.69. The Morgan fingerprint density at radius 3 is 2.82 bits per heavy atom. The van der Waals surface area contributed by atoms with Gasteiger partial charge < -0.3 is 15.9 Å². The number of hydrogen-bond donors (Lipinski definition) is 3. The molecule has 1 heterocycles. The van der Waals surface area contributed by atoms with Crippen LogP contribution >= 0.6 is 11.8 Å². The van der Waals surface area contributed by atoms with Crippen molar-refractivity contribution in [2.24, 2.45) is 0 Å². The summed E-state index contributed by atoms with van der Waals surface area (Å²) in [6.45, 7) is 3.20. The van der Waals surface area contributed by atoms with Crippen LogP contribution in [0.3, 0.4) is 0 Å².